The largest absolute Gasteiger partial charge is 0.398 e. The molecule has 0 atom stereocenters. The summed E-state index contributed by atoms with van der Waals surface area (Å²) in [6.07, 6.45) is -0.667. The van der Waals surface area contributed by atoms with Crippen molar-refractivity contribution in [1.82, 2.24) is 15.0 Å². The van der Waals surface area contributed by atoms with E-state index in [2.05, 4.69) is 25.6 Å². The van der Waals surface area contributed by atoms with Gasteiger partial charge in [-0.2, -0.15) is 36.2 Å². The van der Waals surface area contributed by atoms with E-state index >= 15 is 0 Å². The van der Waals surface area contributed by atoms with Gasteiger partial charge in [0.15, 0.2) is 0 Å². The molecule has 0 radical (unpaired) electrons. The molecule has 0 aliphatic carbocycles. The molecule has 0 saturated carbocycles. The second kappa shape index (κ2) is 8.15. The molecule has 0 saturated heterocycles. The van der Waals surface area contributed by atoms with E-state index in [0.29, 0.717) is 25.6 Å². The lowest BCUT2D eigenvalue weighted by Crippen LogP contribution is -2.14. The van der Waals surface area contributed by atoms with Gasteiger partial charge in [-0.05, 0) is 25.1 Å². The number of halogens is 1. The molecule has 28 heavy (non-hydrogen) atoms. The highest BCUT2D eigenvalue weighted by atomic mass is 32.2. The fourth-order valence-electron chi connectivity index (χ4n) is 2.02. The highest BCUT2D eigenvalue weighted by Gasteiger charge is 2.24. The van der Waals surface area contributed by atoms with Crippen molar-refractivity contribution in [1.29, 1.82) is 0 Å². The zero-order chi connectivity index (χ0) is 21.1. The molecular formula is C12H16FN7O6S2. The standard InChI is InChI=1S/C12H16FN7O6S2/c13-10-18-11(16-3-1-2-14)20-12(19-10)17-7-4-6(15)8(27(21,22)23)5-9(7)28(24,25)26/h4-5H,1-3,14-15H2,(H,21,22,23)(H,24,25,26)(H2,16,17,18,19,20). The van der Waals surface area contributed by atoms with Gasteiger partial charge in [0.2, 0.25) is 11.9 Å². The first-order valence-corrected chi connectivity index (χ1v) is 10.3. The summed E-state index contributed by atoms with van der Waals surface area (Å²) in [6.45, 7) is 0.689. The fraction of sp³-hybridized carbons (Fsp3) is 0.250. The van der Waals surface area contributed by atoms with Crippen LogP contribution in [0.4, 0.5) is 27.7 Å². The number of nitrogens with two attached hydrogens (primary N) is 2. The van der Waals surface area contributed by atoms with Crippen LogP contribution in [0.25, 0.3) is 0 Å². The fourth-order valence-corrected chi connectivity index (χ4v) is 3.37. The Morgan fingerprint density at radius 3 is 2.18 bits per heavy atom. The van der Waals surface area contributed by atoms with Crippen LogP contribution in [0.3, 0.4) is 0 Å². The van der Waals surface area contributed by atoms with Crippen molar-refractivity contribution >= 4 is 43.5 Å². The predicted octanol–water partition coefficient (Wildman–Crippen LogP) is -0.409. The number of hydrogen-bond acceptors (Lipinski definition) is 11. The number of nitrogens with zero attached hydrogens (tertiary/aromatic N) is 3. The SMILES string of the molecule is NCCCNc1nc(F)nc(Nc2cc(N)c(S(=O)(=O)O)cc2S(=O)(=O)O)n1. The lowest BCUT2D eigenvalue weighted by molar-refractivity contribution is 0.482. The molecule has 0 aliphatic heterocycles. The third-order valence-electron chi connectivity index (χ3n) is 3.19. The van der Waals surface area contributed by atoms with Crippen LogP contribution in [0.1, 0.15) is 6.42 Å². The van der Waals surface area contributed by atoms with Crippen molar-refractivity contribution in [3.63, 3.8) is 0 Å². The Balaban J connectivity index is 2.50. The molecule has 1 heterocycles. The van der Waals surface area contributed by atoms with E-state index in [9.17, 15) is 25.8 Å². The van der Waals surface area contributed by atoms with Gasteiger partial charge >= 0.3 is 6.08 Å². The van der Waals surface area contributed by atoms with E-state index in [4.69, 9.17) is 16.0 Å². The van der Waals surface area contributed by atoms with Gasteiger partial charge in [0, 0.05) is 6.54 Å². The van der Waals surface area contributed by atoms with Crippen molar-refractivity contribution in [2.45, 2.75) is 16.2 Å². The molecule has 0 unspecified atom stereocenters. The highest BCUT2D eigenvalue weighted by Crippen LogP contribution is 2.31. The Morgan fingerprint density at radius 1 is 1.00 bits per heavy atom. The van der Waals surface area contributed by atoms with E-state index < -0.39 is 53.4 Å². The third kappa shape index (κ3) is 5.42. The number of benzene rings is 1. The summed E-state index contributed by atoms with van der Waals surface area (Å²) >= 11 is 0. The van der Waals surface area contributed by atoms with Gasteiger partial charge < -0.3 is 22.1 Å². The number of rotatable bonds is 8. The van der Waals surface area contributed by atoms with Crippen LogP contribution in [-0.2, 0) is 20.2 Å². The summed E-state index contributed by atoms with van der Waals surface area (Å²) in [5.74, 6) is -0.647. The van der Waals surface area contributed by atoms with Crippen molar-refractivity contribution in [2.24, 2.45) is 5.73 Å². The van der Waals surface area contributed by atoms with E-state index in [0.717, 1.165) is 6.07 Å². The molecule has 0 aliphatic rings. The number of nitrogens with one attached hydrogen (secondary N) is 2. The van der Waals surface area contributed by atoms with Gasteiger partial charge in [0.1, 0.15) is 9.79 Å². The minimum absolute atomic E-state index is 0.181. The van der Waals surface area contributed by atoms with Crippen molar-refractivity contribution in [2.75, 3.05) is 29.5 Å². The first kappa shape index (κ1) is 21.6. The molecule has 1 aromatic carbocycles. The molecule has 13 nitrogen and oxygen atoms in total. The number of anilines is 4. The van der Waals surface area contributed by atoms with Crippen molar-refractivity contribution in [3.8, 4) is 0 Å². The van der Waals surface area contributed by atoms with Crippen LogP contribution < -0.4 is 22.1 Å². The van der Waals surface area contributed by atoms with Crippen LogP contribution in [0.15, 0.2) is 21.9 Å². The van der Waals surface area contributed by atoms with E-state index in [-0.39, 0.29) is 5.95 Å². The smallest absolute Gasteiger partial charge is 0.315 e. The summed E-state index contributed by atoms with van der Waals surface area (Å²) in [5.41, 5.74) is 9.83. The normalized spacial score (nSPS) is 12.0. The van der Waals surface area contributed by atoms with E-state index in [1.165, 1.54) is 0 Å². The van der Waals surface area contributed by atoms with Gasteiger partial charge in [-0.25, -0.2) is 0 Å². The van der Waals surface area contributed by atoms with Crippen LogP contribution in [0, 0.1) is 6.08 Å². The molecule has 0 spiro atoms. The maximum absolute atomic E-state index is 13.6. The Hall–Kier alpha value is -2.66. The van der Waals surface area contributed by atoms with E-state index in [1.54, 1.807) is 0 Å². The molecule has 2 rings (SSSR count). The molecule has 1 aromatic heterocycles. The average molecular weight is 437 g/mol. The Morgan fingerprint density at radius 2 is 1.61 bits per heavy atom. The molecular weight excluding hydrogens is 421 g/mol. The van der Waals surface area contributed by atoms with E-state index in [1.807, 2.05) is 0 Å². The first-order valence-electron chi connectivity index (χ1n) is 7.43. The maximum atomic E-state index is 13.6. The second-order valence-electron chi connectivity index (χ2n) is 5.28. The zero-order valence-electron chi connectivity index (χ0n) is 14.0. The predicted molar refractivity (Wildman–Crippen MR) is 95.7 cm³/mol. The maximum Gasteiger partial charge on any atom is 0.315 e. The Bertz CT molecular complexity index is 1090. The van der Waals surface area contributed by atoms with Crippen LogP contribution >= 0.6 is 0 Å². The van der Waals surface area contributed by atoms with Gasteiger partial charge in [-0.3, -0.25) is 9.11 Å². The minimum Gasteiger partial charge on any atom is -0.398 e. The number of nitrogen functional groups attached to an aromatic ring is 1. The van der Waals surface area contributed by atoms with Gasteiger partial charge in [-0.1, -0.05) is 0 Å². The molecule has 154 valence electrons. The van der Waals surface area contributed by atoms with Crippen molar-refractivity contribution in [3.05, 3.63) is 18.2 Å². The molecule has 0 fully saturated rings. The van der Waals surface area contributed by atoms with Gasteiger partial charge in [-0.15, -0.1) is 0 Å². The molecule has 0 bridgehead atoms. The third-order valence-corrected chi connectivity index (χ3v) is 4.99. The molecule has 16 heteroatoms. The van der Waals surface area contributed by atoms with Crippen LogP contribution in [0.2, 0.25) is 0 Å². The van der Waals surface area contributed by atoms with Crippen molar-refractivity contribution < 1.29 is 30.3 Å². The summed E-state index contributed by atoms with van der Waals surface area (Å²) in [7, 11) is -9.86. The quantitative estimate of drug-likeness (QED) is 0.176. The minimum atomic E-state index is -4.98. The number of aromatic nitrogens is 3. The van der Waals surface area contributed by atoms with Gasteiger partial charge in [0.05, 0.1) is 11.4 Å². The Kier molecular flexibility index (Phi) is 6.30. The topological polar surface area (TPSA) is 224 Å². The second-order valence-corrected chi connectivity index (χ2v) is 8.06. The van der Waals surface area contributed by atoms with Crippen LogP contribution in [-0.4, -0.2) is 54.0 Å². The first-order chi connectivity index (χ1) is 12.9. The highest BCUT2D eigenvalue weighted by molar-refractivity contribution is 7.86. The monoisotopic (exact) mass is 437 g/mol. The molecule has 2 aromatic rings. The Labute approximate surface area is 158 Å². The average Bonchev–Trinajstić information content (AvgIpc) is 2.52. The summed E-state index contributed by atoms with van der Waals surface area (Å²) in [4.78, 5) is 8.63. The summed E-state index contributed by atoms with van der Waals surface area (Å²) < 4.78 is 77.8. The van der Waals surface area contributed by atoms with Gasteiger partial charge in [0.25, 0.3) is 20.2 Å². The van der Waals surface area contributed by atoms with Crippen LogP contribution in [0.5, 0.6) is 0 Å². The summed E-state index contributed by atoms with van der Waals surface area (Å²) in [5, 5.41) is 4.98. The molecule has 0 amide bonds. The lowest BCUT2D eigenvalue weighted by atomic mass is 10.3. The number of hydrogen-bond donors (Lipinski definition) is 6. The lowest BCUT2D eigenvalue weighted by Gasteiger charge is -2.13. The summed E-state index contributed by atoms with van der Waals surface area (Å²) in [6, 6.07) is 1.22. The zero-order valence-corrected chi connectivity index (χ0v) is 15.6. The molecule has 8 N–H and O–H groups in total.